The Morgan fingerprint density at radius 2 is 1.72 bits per heavy atom. The molecule has 0 unspecified atom stereocenters. The van der Waals surface area contributed by atoms with E-state index in [-0.39, 0.29) is 0 Å². The van der Waals surface area contributed by atoms with Crippen LogP contribution in [0.4, 0.5) is 17.5 Å². The van der Waals surface area contributed by atoms with E-state index in [0.717, 1.165) is 41.1 Å². The zero-order valence-corrected chi connectivity index (χ0v) is 15.8. The monoisotopic (exact) mass is 396 g/mol. The highest BCUT2D eigenvalue weighted by molar-refractivity contribution is 9.10. The van der Waals surface area contributed by atoms with Crippen LogP contribution in [0.5, 0.6) is 0 Å². The van der Waals surface area contributed by atoms with Crippen molar-refractivity contribution in [2.75, 3.05) is 17.2 Å². The van der Waals surface area contributed by atoms with Crippen molar-refractivity contribution in [2.45, 2.75) is 19.8 Å². The number of rotatable bonds is 7. The molecule has 3 aromatic rings. The van der Waals surface area contributed by atoms with Crippen molar-refractivity contribution < 1.29 is 0 Å². The molecule has 2 aromatic carbocycles. The minimum atomic E-state index is 0.605. The first-order valence-electron chi connectivity index (χ1n) is 8.35. The van der Waals surface area contributed by atoms with Gasteiger partial charge in [0.1, 0.15) is 5.82 Å². The van der Waals surface area contributed by atoms with Crippen LogP contribution in [0.15, 0.2) is 65.1 Å². The van der Waals surface area contributed by atoms with E-state index >= 15 is 0 Å². The summed E-state index contributed by atoms with van der Waals surface area (Å²) in [5.74, 6) is 1.45. The Balaban J connectivity index is 1.56. The Hall–Kier alpha value is -2.40. The first-order chi connectivity index (χ1) is 12.2. The normalized spacial score (nSPS) is 10.5. The zero-order valence-electron chi connectivity index (χ0n) is 14.2. The third-order valence-corrected chi connectivity index (χ3v) is 4.27. The molecule has 0 saturated carbocycles. The molecule has 3 rings (SSSR count). The molecular weight excluding hydrogens is 376 g/mol. The van der Waals surface area contributed by atoms with E-state index in [4.69, 9.17) is 0 Å². The quantitative estimate of drug-likeness (QED) is 0.529. The van der Waals surface area contributed by atoms with Gasteiger partial charge in [0.05, 0.1) is 0 Å². The summed E-state index contributed by atoms with van der Waals surface area (Å²) in [6.07, 6.45) is 2.12. The largest absolute Gasteiger partial charge is 0.370 e. The highest BCUT2D eigenvalue weighted by Crippen LogP contribution is 2.18. The summed E-state index contributed by atoms with van der Waals surface area (Å²) in [6.45, 7) is 2.85. The third-order valence-electron chi connectivity index (χ3n) is 3.75. The highest BCUT2D eigenvalue weighted by atomic mass is 79.9. The van der Waals surface area contributed by atoms with E-state index in [2.05, 4.69) is 60.8 Å². The minimum Gasteiger partial charge on any atom is -0.370 e. The molecule has 4 nitrogen and oxygen atoms in total. The van der Waals surface area contributed by atoms with Crippen molar-refractivity contribution in [3.05, 3.63) is 76.4 Å². The first kappa shape index (κ1) is 17.4. The molecule has 0 aliphatic heterocycles. The molecule has 128 valence electrons. The summed E-state index contributed by atoms with van der Waals surface area (Å²) < 4.78 is 1.05. The molecule has 0 saturated heterocycles. The van der Waals surface area contributed by atoms with Crippen LogP contribution < -0.4 is 10.6 Å². The molecule has 1 heterocycles. The van der Waals surface area contributed by atoms with E-state index in [1.807, 2.05) is 43.3 Å². The highest BCUT2D eigenvalue weighted by Gasteiger charge is 2.03. The van der Waals surface area contributed by atoms with Gasteiger partial charge in [-0.05, 0) is 49.6 Å². The van der Waals surface area contributed by atoms with Gasteiger partial charge in [-0.1, -0.05) is 46.3 Å². The third kappa shape index (κ3) is 5.57. The average Bonchev–Trinajstić information content (AvgIpc) is 2.61. The molecular formula is C20H21BrN4. The maximum atomic E-state index is 4.55. The van der Waals surface area contributed by atoms with Gasteiger partial charge in [-0.15, -0.1) is 0 Å². The van der Waals surface area contributed by atoms with Crippen LogP contribution in [0, 0.1) is 6.92 Å². The Bertz CT molecular complexity index is 804. The summed E-state index contributed by atoms with van der Waals surface area (Å²) in [5, 5.41) is 6.64. The van der Waals surface area contributed by atoms with Crippen LogP contribution in [-0.4, -0.2) is 16.5 Å². The van der Waals surface area contributed by atoms with Gasteiger partial charge < -0.3 is 10.6 Å². The fourth-order valence-corrected chi connectivity index (χ4v) is 2.80. The lowest BCUT2D eigenvalue weighted by Crippen LogP contribution is -2.07. The number of anilines is 3. The second kappa shape index (κ2) is 8.62. The van der Waals surface area contributed by atoms with Crippen LogP contribution in [-0.2, 0) is 6.42 Å². The molecule has 0 fully saturated rings. The average molecular weight is 397 g/mol. The molecule has 25 heavy (non-hydrogen) atoms. The molecule has 0 spiro atoms. The molecule has 0 bridgehead atoms. The summed E-state index contributed by atoms with van der Waals surface area (Å²) in [7, 11) is 0. The Morgan fingerprint density at radius 3 is 2.48 bits per heavy atom. The van der Waals surface area contributed by atoms with Crippen LogP contribution in [0.1, 0.15) is 17.7 Å². The van der Waals surface area contributed by atoms with Crippen LogP contribution >= 0.6 is 15.9 Å². The number of hydrogen-bond acceptors (Lipinski definition) is 4. The van der Waals surface area contributed by atoms with E-state index < -0.39 is 0 Å². The van der Waals surface area contributed by atoms with Gasteiger partial charge in [0.2, 0.25) is 5.95 Å². The van der Waals surface area contributed by atoms with Crippen molar-refractivity contribution in [3.8, 4) is 0 Å². The summed E-state index contributed by atoms with van der Waals surface area (Å²) in [5.41, 5.74) is 3.25. The maximum absolute atomic E-state index is 4.55. The van der Waals surface area contributed by atoms with Gasteiger partial charge in [-0.2, -0.15) is 4.98 Å². The van der Waals surface area contributed by atoms with Crippen LogP contribution in [0.25, 0.3) is 0 Å². The van der Waals surface area contributed by atoms with E-state index in [9.17, 15) is 0 Å². The van der Waals surface area contributed by atoms with E-state index in [1.54, 1.807) is 0 Å². The zero-order chi connectivity index (χ0) is 17.5. The number of hydrogen-bond donors (Lipinski definition) is 2. The second-order valence-electron chi connectivity index (χ2n) is 5.87. The van der Waals surface area contributed by atoms with Gasteiger partial charge in [0.25, 0.3) is 0 Å². The van der Waals surface area contributed by atoms with Gasteiger partial charge in [0, 0.05) is 28.5 Å². The molecule has 0 radical (unpaired) electrons. The van der Waals surface area contributed by atoms with Gasteiger partial charge >= 0.3 is 0 Å². The smallest absolute Gasteiger partial charge is 0.229 e. The van der Waals surface area contributed by atoms with Crippen molar-refractivity contribution in [1.29, 1.82) is 0 Å². The number of benzene rings is 2. The Kier molecular flexibility index (Phi) is 6.01. The Morgan fingerprint density at radius 1 is 0.960 bits per heavy atom. The molecule has 1 aromatic heterocycles. The Labute approximate surface area is 156 Å². The predicted octanol–water partition coefficient (Wildman–Crippen LogP) is 5.34. The lowest BCUT2D eigenvalue weighted by Gasteiger charge is -2.10. The van der Waals surface area contributed by atoms with Crippen molar-refractivity contribution >= 4 is 33.4 Å². The van der Waals surface area contributed by atoms with Gasteiger partial charge in [-0.25, -0.2) is 4.98 Å². The minimum absolute atomic E-state index is 0.605. The predicted molar refractivity (Wildman–Crippen MR) is 107 cm³/mol. The fraction of sp³-hybridized carbons (Fsp3) is 0.200. The van der Waals surface area contributed by atoms with Crippen molar-refractivity contribution in [2.24, 2.45) is 0 Å². The number of halogens is 1. The molecule has 0 aliphatic rings. The molecule has 0 atom stereocenters. The topological polar surface area (TPSA) is 49.8 Å². The number of nitrogens with zero attached hydrogens (tertiary/aromatic N) is 2. The lowest BCUT2D eigenvalue weighted by molar-refractivity contribution is 0.857. The maximum Gasteiger partial charge on any atom is 0.229 e. The van der Waals surface area contributed by atoms with E-state index in [0.29, 0.717) is 5.95 Å². The SMILES string of the molecule is Cc1cc(NCCCc2ccccc2)nc(Nc2ccc(Br)cc2)n1. The molecule has 0 aliphatic carbocycles. The molecule has 0 amide bonds. The molecule has 5 heteroatoms. The van der Waals surface area contributed by atoms with Crippen molar-refractivity contribution in [3.63, 3.8) is 0 Å². The number of nitrogens with one attached hydrogen (secondary N) is 2. The standard InChI is InChI=1S/C20H21BrN4/c1-15-14-19(22-13-5-8-16-6-3-2-4-7-16)25-20(23-15)24-18-11-9-17(21)10-12-18/h2-4,6-7,9-12,14H,5,8,13H2,1H3,(H2,22,23,24,25). The van der Waals surface area contributed by atoms with Gasteiger partial charge in [-0.3, -0.25) is 0 Å². The van der Waals surface area contributed by atoms with Gasteiger partial charge in [0.15, 0.2) is 0 Å². The summed E-state index contributed by atoms with van der Waals surface area (Å²) >= 11 is 3.44. The number of aryl methyl sites for hydroxylation is 2. The fourth-order valence-electron chi connectivity index (χ4n) is 2.53. The number of aromatic nitrogens is 2. The first-order valence-corrected chi connectivity index (χ1v) is 9.14. The van der Waals surface area contributed by atoms with Crippen LogP contribution in [0.3, 0.4) is 0 Å². The lowest BCUT2D eigenvalue weighted by atomic mass is 10.1. The van der Waals surface area contributed by atoms with Crippen LogP contribution in [0.2, 0.25) is 0 Å². The van der Waals surface area contributed by atoms with Crippen molar-refractivity contribution in [1.82, 2.24) is 9.97 Å². The molecule has 2 N–H and O–H groups in total. The second-order valence-corrected chi connectivity index (χ2v) is 6.78. The summed E-state index contributed by atoms with van der Waals surface area (Å²) in [6, 6.07) is 20.4. The van der Waals surface area contributed by atoms with E-state index in [1.165, 1.54) is 5.56 Å². The summed E-state index contributed by atoms with van der Waals surface area (Å²) in [4.78, 5) is 9.00.